The third-order valence-electron chi connectivity index (χ3n) is 4.27. The van der Waals surface area contributed by atoms with Crippen molar-refractivity contribution in [3.63, 3.8) is 0 Å². The van der Waals surface area contributed by atoms with E-state index in [1.807, 2.05) is 0 Å². The van der Waals surface area contributed by atoms with E-state index in [-0.39, 0.29) is 0 Å². The van der Waals surface area contributed by atoms with E-state index in [4.69, 9.17) is 4.74 Å². The molecule has 2 aliphatic rings. The van der Waals surface area contributed by atoms with Gasteiger partial charge in [0.1, 0.15) is 0 Å². The Hall–Kier alpha value is -0.120. The van der Waals surface area contributed by atoms with Crippen LogP contribution < -0.4 is 5.32 Å². The molecule has 0 bridgehead atoms. The molecular formula is C15H30N2O. The van der Waals surface area contributed by atoms with Gasteiger partial charge in [-0.2, -0.15) is 0 Å². The molecule has 106 valence electrons. The fourth-order valence-electron chi connectivity index (χ4n) is 3.37. The van der Waals surface area contributed by atoms with Gasteiger partial charge in [-0.05, 0) is 57.2 Å². The van der Waals surface area contributed by atoms with Crippen molar-refractivity contribution < 1.29 is 4.74 Å². The molecule has 0 radical (unpaired) electrons. The zero-order chi connectivity index (χ0) is 12.8. The molecule has 2 fully saturated rings. The standard InChI is InChI=1S/C15H30N2O/c1-13(2)12-18-10-9-17-8-4-6-15(17)14-5-3-7-16-11-14/h13-16H,3-12H2,1-2H3. The first kappa shape index (κ1) is 14.3. The zero-order valence-electron chi connectivity index (χ0n) is 12.2. The van der Waals surface area contributed by atoms with Crippen molar-refractivity contribution in [1.29, 1.82) is 0 Å². The van der Waals surface area contributed by atoms with Gasteiger partial charge in [0.2, 0.25) is 0 Å². The van der Waals surface area contributed by atoms with Crippen molar-refractivity contribution in [2.75, 3.05) is 39.4 Å². The van der Waals surface area contributed by atoms with Crippen LogP contribution in [0.5, 0.6) is 0 Å². The molecule has 0 amide bonds. The molecule has 2 heterocycles. The Morgan fingerprint density at radius 3 is 2.89 bits per heavy atom. The Kier molecular flexibility index (Phi) is 5.93. The van der Waals surface area contributed by atoms with Crippen LogP contribution in [0.4, 0.5) is 0 Å². The Labute approximate surface area is 112 Å². The van der Waals surface area contributed by atoms with Gasteiger partial charge in [-0.3, -0.25) is 4.90 Å². The van der Waals surface area contributed by atoms with Gasteiger partial charge in [0.15, 0.2) is 0 Å². The van der Waals surface area contributed by atoms with Crippen LogP contribution in [-0.4, -0.2) is 50.3 Å². The molecule has 2 unspecified atom stereocenters. The van der Waals surface area contributed by atoms with Gasteiger partial charge >= 0.3 is 0 Å². The fraction of sp³-hybridized carbons (Fsp3) is 1.00. The van der Waals surface area contributed by atoms with E-state index >= 15 is 0 Å². The second-order valence-corrected chi connectivity index (χ2v) is 6.32. The van der Waals surface area contributed by atoms with Crippen LogP contribution in [0, 0.1) is 11.8 Å². The van der Waals surface area contributed by atoms with Gasteiger partial charge in [-0.25, -0.2) is 0 Å². The van der Waals surface area contributed by atoms with Gasteiger partial charge in [0, 0.05) is 19.2 Å². The average molecular weight is 254 g/mol. The van der Waals surface area contributed by atoms with E-state index in [1.54, 1.807) is 0 Å². The SMILES string of the molecule is CC(C)COCCN1CCCC1C1CCCNC1. The Bertz CT molecular complexity index is 227. The van der Waals surface area contributed by atoms with Gasteiger partial charge in [-0.15, -0.1) is 0 Å². The topological polar surface area (TPSA) is 24.5 Å². The van der Waals surface area contributed by atoms with Crippen molar-refractivity contribution in [2.45, 2.75) is 45.6 Å². The van der Waals surface area contributed by atoms with Crippen LogP contribution in [0.15, 0.2) is 0 Å². The average Bonchev–Trinajstić information content (AvgIpc) is 2.84. The molecular weight excluding hydrogens is 224 g/mol. The highest BCUT2D eigenvalue weighted by Crippen LogP contribution is 2.27. The maximum Gasteiger partial charge on any atom is 0.0593 e. The van der Waals surface area contributed by atoms with Crippen molar-refractivity contribution >= 4 is 0 Å². The lowest BCUT2D eigenvalue weighted by Gasteiger charge is -2.34. The summed E-state index contributed by atoms with van der Waals surface area (Å²) >= 11 is 0. The number of piperidine rings is 1. The molecule has 1 N–H and O–H groups in total. The number of likely N-dealkylation sites (tertiary alicyclic amines) is 1. The monoisotopic (exact) mass is 254 g/mol. The van der Waals surface area contributed by atoms with E-state index in [0.717, 1.165) is 31.7 Å². The Balaban J connectivity index is 1.69. The number of ether oxygens (including phenoxy) is 1. The lowest BCUT2D eigenvalue weighted by Crippen LogP contribution is -2.44. The number of hydrogen-bond acceptors (Lipinski definition) is 3. The fourth-order valence-corrected chi connectivity index (χ4v) is 3.37. The summed E-state index contributed by atoms with van der Waals surface area (Å²) in [6.45, 7) is 11.1. The zero-order valence-corrected chi connectivity index (χ0v) is 12.2. The molecule has 2 atom stereocenters. The third kappa shape index (κ3) is 4.22. The molecule has 0 aromatic carbocycles. The molecule has 18 heavy (non-hydrogen) atoms. The molecule has 3 nitrogen and oxygen atoms in total. The maximum atomic E-state index is 5.74. The molecule has 2 rings (SSSR count). The summed E-state index contributed by atoms with van der Waals surface area (Å²) in [6.07, 6.45) is 5.56. The van der Waals surface area contributed by atoms with Crippen LogP contribution in [0.1, 0.15) is 39.5 Å². The summed E-state index contributed by atoms with van der Waals surface area (Å²) in [6, 6.07) is 0.820. The predicted octanol–water partition coefficient (Wildman–Crippen LogP) is 2.12. The van der Waals surface area contributed by atoms with Crippen LogP contribution >= 0.6 is 0 Å². The summed E-state index contributed by atoms with van der Waals surface area (Å²) in [4.78, 5) is 2.68. The van der Waals surface area contributed by atoms with E-state index in [9.17, 15) is 0 Å². The maximum absolute atomic E-state index is 5.74. The van der Waals surface area contributed by atoms with Crippen LogP contribution in [-0.2, 0) is 4.74 Å². The van der Waals surface area contributed by atoms with Gasteiger partial charge in [0.25, 0.3) is 0 Å². The Morgan fingerprint density at radius 1 is 1.28 bits per heavy atom. The van der Waals surface area contributed by atoms with E-state index < -0.39 is 0 Å². The van der Waals surface area contributed by atoms with Crippen LogP contribution in [0.2, 0.25) is 0 Å². The first-order chi connectivity index (χ1) is 8.77. The van der Waals surface area contributed by atoms with Crippen molar-refractivity contribution in [2.24, 2.45) is 11.8 Å². The summed E-state index contributed by atoms with van der Waals surface area (Å²) in [7, 11) is 0. The molecule has 0 aromatic heterocycles. The molecule has 0 saturated carbocycles. The second-order valence-electron chi connectivity index (χ2n) is 6.32. The largest absolute Gasteiger partial charge is 0.380 e. The third-order valence-corrected chi connectivity index (χ3v) is 4.27. The first-order valence-corrected chi connectivity index (χ1v) is 7.80. The molecule has 2 aliphatic heterocycles. The highest BCUT2D eigenvalue weighted by atomic mass is 16.5. The lowest BCUT2D eigenvalue weighted by molar-refractivity contribution is 0.0704. The quantitative estimate of drug-likeness (QED) is 0.735. The van der Waals surface area contributed by atoms with Gasteiger partial charge < -0.3 is 10.1 Å². The molecule has 0 aliphatic carbocycles. The van der Waals surface area contributed by atoms with Crippen molar-refractivity contribution in [3.8, 4) is 0 Å². The lowest BCUT2D eigenvalue weighted by atomic mass is 9.90. The minimum absolute atomic E-state index is 0.655. The molecule has 0 spiro atoms. The van der Waals surface area contributed by atoms with Gasteiger partial charge in [-0.1, -0.05) is 13.8 Å². The summed E-state index contributed by atoms with van der Waals surface area (Å²) in [5, 5.41) is 3.56. The minimum Gasteiger partial charge on any atom is -0.380 e. The summed E-state index contributed by atoms with van der Waals surface area (Å²) < 4.78 is 5.74. The highest BCUT2D eigenvalue weighted by Gasteiger charge is 2.31. The van der Waals surface area contributed by atoms with Gasteiger partial charge in [0.05, 0.1) is 6.61 Å². The van der Waals surface area contributed by atoms with Crippen molar-refractivity contribution in [1.82, 2.24) is 10.2 Å². The second kappa shape index (κ2) is 7.46. The number of rotatable bonds is 6. The van der Waals surface area contributed by atoms with E-state index in [1.165, 1.54) is 45.3 Å². The first-order valence-electron chi connectivity index (χ1n) is 7.80. The minimum atomic E-state index is 0.655. The van der Waals surface area contributed by atoms with Crippen LogP contribution in [0.25, 0.3) is 0 Å². The predicted molar refractivity (Wildman–Crippen MR) is 75.8 cm³/mol. The summed E-state index contributed by atoms with van der Waals surface area (Å²) in [5.74, 6) is 1.54. The normalized spacial score (nSPS) is 30.2. The van der Waals surface area contributed by atoms with E-state index in [2.05, 4.69) is 24.1 Å². The number of nitrogens with one attached hydrogen (secondary N) is 1. The highest BCUT2D eigenvalue weighted by molar-refractivity contribution is 4.87. The summed E-state index contributed by atoms with van der Waals surface area (Å²) in [5.41, 5.74) is 0. The van der Waals surface area contributed by atoms with Crippen molar-refractivity contribution in [3.05, 3.63) is 0 Å². The molecule has 0 aromatic rings. The smallest absolute Gasteiger partial charge is 0.0593 e. The molecule has 2 saturated heterocycles. The van der Waals surface area contributed by atoms with E-state index in [0.29, 0.717) is 5.92 Å². The number of hydrogen-bond donors (Lipinski definition) is 1. The number of nitrogens with zero attached hydrogens (tertiary/aromatic N) is 1. The van der Waals surface area contributed by atoms with Crippen LogP contribution in [0.3, 0.4) is 0 Å². The Morgan fingerprint density at radius 2 is 2.17 bits per heavy atom. The molecule has 3 heteroatoms.